The maximum Gasteiger partial charge on any atom is 0.187 e. The van der Waals surface area contributed by atoms with E-state index in [1.165, 1.54) is 0 Å². The fraction of sp³-hybridized carbons (Fsp3) is 0.174. The van der Waals surface area contributed by atoms with Crippen molar-refractivity contribution in [3.63, 3.8) is 0 Å². The van der Waals surface area contributed by atoms with E-state index in [0.29, 0.717) is 0 Å². The molecular formula is C23H22N4S2. The predicted molar refractivity (Wildman–Crippen MR) is 122 cm³/mol. The Morgan fingerprint density at radius 3 is 2.00 bits per heavy atom. The van der Waals surface area contributed by atoms with Gasteiger partial charge in [0.05, 0.1) is 11.4 Å². The summed E-state index contributed by atoms with van der Waals surface area (Å²) in [7, 11) is 0. The van der Waals surface area contributed by atoms with Crippen molar-refractivity contribution >= 4 is 23.5 Å². The van der Waals surface area contributed by atoms with Crippen LogP contribution in [0.4, 0.5) is 0 Å². The van der Waals surface area contributed by atoms with E-state index >= 15 is 0 Å². The van der Waals surface area contributed by atoms with Crippen LogP contribution in [0.2, 0.25) is 0 Å². The van der Waals surface area contributed by atoms with Gasteiger partial charge in [-0.25, -0.2) is 15.0 Å². The molecule has 0 unspecified atom stereocenters. The fourth-order valence-corrected chi connectivity index (χ4v) is 4.61. The second-order valence-electron chi connectivity index (χ2n) is 6.43. The molecule has 0 amide bonds. The minimum Gasteiger partial charge on any atom is -0.332 e. The summed E-state index contributed by atoms with van der Waals surface area (Å²) < 4.78 is 0. The molecule has 1 N–H and O–H groups in total. The summed E-state index contributed by atoms with van der Waals surface area (Å²) >= 11 is 3.50. The molecule has 4 nitrogen and oxygen atoms in total. The van der Waals surface area contributed by atoms with Crippen LogP contribution in [0.15, 0.2) is 89.4 Å². The summed E-state index contributed by atoms with van der Waals surface area (Å²) in [6.45, 7) is 0. The Morgan fingerprint density at radius 1 is 0.690 bits per heavy atom. The van der Waals surface area contributed by atoms with Crippen LogP contribution in [0.1, 0.15) is 12.8 Å². The van der Waals surface area contributed by atoms with Gasteiger partial charge in [-0.3, -0.25) is 0 Å². The number of nitrogens with one attached hydrogen (secondary N) is 1. The molecular weight excluding hydrogens is 396 g/mol. The quantitative estimate of drug-likeness (QED) is 0.199. The lowest BCUT2D eigenvalue weighted by Gasteiger charge is -2.02. The Morgan fingerprint density at radius 2 is 1.31 bits per heavy atom. The number of unbranched alkanes of at least 4 members (excludes halogenated alkanes) is 1. The van der Waals surface area contributed by atoms with Crippen molar-refractivity contribution in [3.05, 3.63) is 79.1 Å². The third kappa shape index (κ3) is 5.49. The number of nitrogens with zero attached hydrogens (tertiary/aromatic N) is 3. The third-order valence-electron chi connectivity index (χ3n) is 4.34. The van der Waals surface area contributed by atoms with E-state index in [2.05, 4.69) is 63.5 Å². The normalized spacial score (nSPS) is 10.9. The van der Waals surface area contributed by atoms with Crippen molar-refractivity contribution in [2.75, 3.05) is 11.5 Å². The standard InChI is InChI=1S/C23H22N4S2/c1-3-10-18(11-4-1)20-21(19-12-5-2-6-13-19)27-23(26-20)29-17-8-7-16-28-22-24-14-9-15-25-22/h1-6,9-15H,7-8,16-17H2,(H,26,27). The first-order chi connectivity index (χ1) is 14.4. The summed E-state index contributed by atoms with van der Waals surface area (Å²) in [6.07, 6.45) is 5.84. The maximum atomic E-state index is 4.90. The van der Waals surface area contributed by atoms with Crippen molar-refractivity contribution in [3.8, 4) is 22.5 Å². The first-order valence-corrected chi connectivity index (χ1v) is 11.6. The first-order valence-electron chi connectivity index (χ1n) is 9.63. The molecule has 0 radical (unpaired) electrons. The Bertz CT molecular complexity index is 948. The average Bonchev–Trinajstić information content (AvgIpc) is 3.22. The molecule has 0 saturated heterocycles. The first kappa shape index (κ1) is 19.7. The molecule has 0 aliphatic carbocycles. The Balaban J connectivity index is 1.37. The van der Waals surface area contributed by atoms with Crippen molar-refractivity contribution in [2.24, 2.45) is 0 Å². The summed E-state index contributed by atoms with van der Waals surface area (Å²) in [5, 5.41) is 1.83. The molecule has 6 heteroatoms. The SMILES string of the molecule is c1ccc(-c2nc(SCCCCSc3ncccn3)[nH]c2-c2ccccc2)cc1. The van der Waals surface area contributed by atoms with Gasteiger partial charge in [0.1, 0.15) is 0 Å². The highest BCUT2D eigenvalue weighted by molar-refractivity contribution is 7.99. The molecule has 0 atom stereocenters. The van der Waals surface area contributed by atoms with E-state index in [4.69, 9.17) is 4.98 Å². The van der Waals surface area contributed by atoms with Crippen LogP contribution in [-0.2, 0) is 0 Å². The Labute approximate surface area is 179 Å². The molecule has 0 saturated carbocycles. The van der Waals surface area contributed by atoms with E-state index in [0.717, 1.165) is 57.2 Å². The molecule has 2 heterocycles. The van der Waals surface area contributed by atoms with Crippen LogP contribution in [0, 0.1) is 0 Å². The smallest absolute Gasteiger partial charge is 0.187 e. The molecule has 0 aliphatic heterocycles. The van der Waals surface area contributed by atoms with Crippen molar-refractivity contribution in [2.45, 2.75) is 23.2 Å². The van der Waals surface area contributed by atoms with Crippen molar-refractivity contribution in [1.29, 1.82) is 0 Å². The van der Waals surface area contributed by atoms with E-state index < -0.39 is 0 Å². The summed E-state index contributed by atoms with van der Waals surface area (Å²) in [6, 6.07) is 22.6. The second kappa shape index (κ2) is 10.3. The lowest BCUT2D eigenvalue weighted by Crippen LogP contribution is -1.88. The van der Waals surface area contributed by atoms with E-state index in [1.807, 2.05) is 18.2 Å². The number of H-pyrrole nitrogens is 1. The van der Waals surface area contributed by atoms with E-state index in [9.17, 15) is 0 Å². The number of thioether (sulfide) groups is 2. The lowest BCUT2D eigenvalue weighted by atomic mass is 10.1. The van der Waals surface area contributed by atoms with E-state index in [1.54, 1.807) is 35.9 Å². The maximum absolute atomic E-state index is 4.90. The van der Waals surface area contributed by atoms with Gasteiger partial charge in [0.15, 0.2) is 10.3 Å². The highest BCUT2D eigenvalue weighted by Gasteiger charge is 2.14. The van der Waals surface area contributed by atoms with Gasteiger partial charge in [0, 0.05) is 35.0 Å². The molecule has 2 aromatic carbocycles. The van der Waals surface area contributed by atoms with Gasteiger partial charge in [-0.15, -0.1) is 0 Å². The van der Waals surface area contributed by atoms with Gasteiger partial charge in [-0.1, -0.05) is 84.2 Å². The van der Waals surface area contributed by atoms with Crippen molar-refractivity contribution < 1.29 is 0 Å². The number of rotatable bonds is 9. The number of hydrogen-bond acceptors (Lipinski definition) is 5. The van der Waals surface area contributed by atoms with Gasteiger partial charge in [-0.2, -0.15) is 0 Å². The van der Waals surface area contributed by atoms with Crippen LogP contribution in [-0.4, -0.2) is 31.4 Å². The van der Waals surface area contributed by atoms with Crippen LogP contribution in [0.3, 0.4) is 0 Å². The monoisotopic (exact) mass is 418 g/mol. The Hall–Kier alpha value is -2.57. The lowest BCUT2D eigenvalue weighted by molar-refractivity contribution is 0.894. The number of imidazole rings is 1. The summed E-state index contributed by atoms with van der Waals surface area (Å²) in [4.78, 5) is 16.9. The third-order valence-corrected chi connectivity index (χ3v) is 6.26. The molecule has 4 aromatic rings. The topological polar surface area (TPSA) is 54.5 Å². The molecule has 0 aliphatic rings. The molecule has 0 fully saturated rings. The van der Waals surface area contributed by atoms with E-state index in [-0.39, 0.29) is 0 Å². The van der Waals surface area contributed by atoms with Gasteiger partial charge < -0.3 is 4.98 Å². The molecule has 0 bridgehead atoms. The minimum absolute atomic E-state index is 0.853. The number of aromatic nitrogens is 4. The summed E-state index contributed by atoms with van der Waals surface area (Å²) in [5.41, 5.74) is 4.38. The van der Waals surface area contributed by atoms with Gasteiger partial charge in [0.25, 0.3) is 0 Å². The zero-order valence-electron chi connectivity index (χ0n) is 16.0. The molecule has 4 rings (SSSR count). The van der Waals surface area contributed by atoms with Gasteiger partial charge >= 0.3 is 0 Å². The molecule has 0 spiro atoms. The van der Waals surface area contributed by atoms with Crippen LogP contribution in [0.5, 0.6) is 0 Å². The highest BCUT2D eigenvalue weighted by atomic mass is 32.2. The van der Waals surface area contributed by atoms with Gasteiger partial charge in [0.2, 0.25) is 0 Å². The predicted octanol–water partition coefficient (Wildman–Crippen LogP) is 6.20. The van der Waals surface area contributed by atoms with Crippen LogP contribution >= 0.6 is 23.5 Å². The van der Waals surface area contributed by atoms with Gasteiger partial charge in [-0.05, 0) is 18.9 Å². The minimum atomic E-state index is 0.853. The zero-order valence-corrected chi connectivity index (χ0v) is 17.6. The number of benzene rings is 2. The summed E-state index contributed by atoms with van der Waals surface area (Å²) in [5.74, 6) is 2.07. The van der Waals surface area contributed by atoms with Crippen molar-refractivity contribution in [1.82, 2.24) is 19.9 Å². The second-order valence-corrected chi connectivity index (χ2v) is 8.58. The zero-order chi connectivity index (χ0) is 19.7. The van der Waals surface area contributed by atoms with Crippen LogP contribution in [0.25, 0.3) is 22.5 Å². The van der Waals surface area contributed by atoms with Crippen LogP contribution < -0.4 is 0 Å². The number of aromatic amines is 1. The average molecular weight is 419 g/mol. The number of hydrogen-bond donors (Lipinski definition) is 1. The fourth-order valence-electron chi connectivity index (χ4n) is 2.93. The molecule has 2 aromatic heterocycles. The Kier molecular flexibility index (Phi) is 6.99. The molecule has 29 heavy (non-hydrogen) atoms. The largest absolute Gasteiger partial charge is 0.332 e. The highest BCUT2D eigenvalue weighted by Crippen LogP contribution is 2.32. The molecule has 146 valence electrons.